The van der Waals surface area contributed by atoms with Crippen LogP contribution in [0.5, 0.6) is 5.88 Å². The Kier molecular flexibility index (Phi) is 4.60. The zero-order chi connectivity index (χ0) is 19.5. The van der Waals surface area contributed by atoms with Gasteiger partial charge in [-0.2, -0.15) is 0 Å². The molecule has 0 spiro atoms. The number of rotatable bonds is 5. The average molecular weight is 370 g/mol. The highest BCUT2D eigenvalue weighted by molar-refractivity contribution is 5.96. The Morgan fingerprint density at radius 1 is 1.07 bits per heavy atom. The van der Waals surface area contributed by atoms with Crippen LogP contribution >= 0.6 is 0 Å². The summed E-state index contributed by atoms with van der Waals surface area (Å²) in [6, 6.07) is 13.7. The van der Waals surface area contributed by atoms with Gasteiger partial charge in [-0.1, -0.05) is 18.2 Å². The molecule has 0 radical (unpaired) electrons. The minimum atomic E-state index is -0.474. The van der Waals surface area contributed by atoms with Crippen LogP contribution in [0.15, 0.2) is 67.1 Å². The maximum atomic E-state index is 11.0. The fourth-order valence-electron chi connectivity index (χ4n) is 3.06. The number of nitrogens with one attached hydrogen (secondary N) is 1. The summed E-state index contributed by atoms with van der Waals surface area (Å²) in [5, 5.41) is 1.00. The van der Waals surface area contributed by atoms with Gasteiger partial charge in [0, 0.05) is 52.8 Å². The molecule has 0 atom stereocenters. The Balaban J connectivity index is 1.75. The molecule has 3 N–H and O–H groups in total. The van der Waals surface area contributed by atoms with Crippen molar-refractivity contribution in [3.63, 3.8) is 0 Å². The monoisotopic (exact) mass is 370 g/mol. The van der Waals surface area contributed by atoms with Crippen LogP contribution in [-0.2, 0) is 4.79 Å². The van der Waals surface area contributed by atoms with Crippen LogP contribution in [0.4, 0.5) is 0 Å². The van der Waals surface area contributed by atoms with E-state index in [-0.39, 0.29) is 0 Å². The number of primary amides is 1. The van der Waals surface area contributed by atoms with Crippen molar-refractivity contribution >= 4 is 23.0 Å². The van der Waals surface area contributed by atoms with Gasteiger partial charge in [0.1, 0.15) is 5.65 Å². The van der Waals surface area contributed by atoms with Crippen LogP contribution < -0.4 is 10.5 Å². The highest BCUT2D eigenvalue weighted by Gasteiger charge is 2.10. The van der Waals surface area contributed by atoms with Crippen molar-refractivity contribution in [2.75, 3.05) is 7.11 Å². The first-order chi connectivity index (χ1) is 13.6. The van der Waals surface area contributed by atoms with E-state index < -0.39 is 5.91 Å². The number of amides is 1. The molecule has 1 aromatic carbocycles. The summed E-state index contributed by atoms with van der Waals surface area (Å²) in [5.74, 6) is 0.0989. The molecule has 0 saturated carbocycles. The Labute approximate surface area is 161 Å². The molecule has 0 aliphatic rings. The largest absolute Gasteiger partial charge is 0.481 e. The van der Waals surface area contributed by atoms with Crippen LogP contribution in [0.1, 0.15) is 5.56 Å². The maximum Gasteiger partial charge on any atom is 0.241 e. The van der Waals surface area contributed by atoms with Crippen molar-refractivity contribution in [3.05, 3.63) is 72.7 Å². The third-order valence-electron chi connectivity index (χ3n) is 4.45. The van der Waals surface area contributed by atoms with E-state index in [9.17, 15) is 4.79 Å². The summed E-state index contributed by atoms with van der Waals surface area (Å²) < 4.78 is 5.13. The topological polar surface area (TPSA) is 93.9 Å². The van der Waals surface area contributed by atoms with Gasteiger partial charge >= 0.3 is 0 Å². The number of carbonyl (C=O) groups excluding carboxylic acids is 1. The standard InChI is InChI=1S/C22H18N4O2/c1-28-21-8-6-16(11-24-21)19-13-26-22-18(19)10-17(12-25-22)15-4-2-3-14(9-15)5-7-20(23)27/h2-13H,1H3,(H2,23,27)(H,25,26)/b7-5+. The lowest BCUT2D eigenvalue weighted by Gasteiger charge is -2.05. The van der Waals surface area contributed by atoms with Crippen molar-refractivity contribution in [2.45, 2.75) is 0 Å². The van der Waals surface area contributed by atoms with Crippen LogP contribution in [-0.4, -0.2) is 28.0 Å². The Hall–Kier alpha value is -3.93. The quantitative estimate of drug-likeness (QED) is 0.523. The van der Waals surface area contributed by atoms with E-state index in [1.54, 1.807) is 19.4 Å². The number of fused-ring (bicyclic) bond motifs is 1. The van der Waals surface area contributed by atoms with Crippen molar-refractivity contribution in [1.29, 1.82) is 0 Å². The summed E-state index contributed by atoms with van der Waals surface area (Å²) in [6.45, 7) is 0. The van der Waals surface area contributed by atoms with E-state index in [0.717, 1.165) is 38.9 Å². The SMILES string of the molecule is COc1ccc(-c2c[nH]c3ncc(-c4cccc(/C=C/C(N)=O)c4)cc23)cn1. The highest BCUT2D eigenvalue weighted by atomic mass is 16.5. The fourth-order valence-corrected chi connectivity index (χ4v) is 3.06. The number of aromatic nitrogens is 3. The Morgan fingerprint density at radius 2 is 1.93 bits per heavy atom. The molecule has 28 heavy (non-hydrogen) atoms. The molecule has 4 aromatic rings. The Morgan fingerprint density at radius 3 is 2.68 bits per heavy atom. The number of benzene rings is 1. The molecule has 4 rings (SSSR count). The highest BCUT2D eigenvalue weighted by Crippen LogP contribution is 2.31. The van der Waals surface area contributed by atoms with Crippen LogP contribution in [0, 0.1) is 0 Å². The summed E-state index contributed by atoms with van der Waals surface area (Å²) in [7, 11) is 1.59. The van der Waals surface area contributed by atoms with Crippen LogP contribution in [0.3, 0.4) is 0 Å². The lowest BCUT2D eigenvalue weighted by Crippen LogP contribution is -2.05. The molecule has 0 saturated heterocycles. The molecule has 6 nitrogen and oxygen atoms in total. The van der Waals surface area contributed by atoms with E-state index >= 15 is 0 Å². The van der Waals surface area contributed by atoms with Crippen molar-refractivity contribution in [2.24, 2.45) is 5.73 Å². The number of nitrogens with zero attached hydrogens (tertiary/aromatic N) is 2. The van der Waals surface area contributed by atoms with E-state index in [1.807, 2.05) is 48.8 Å². The number of aromatic amines is 1. The molecule has 1 amide bonds. The first kappa shape index (κ1) is 17.5. The van der Waals surface area contributed by atoms with E-state index in [0.29, 0.717) is 5.88 Å². The Bertz CT molecular complexity index is 1180. The zero-order valence-electron chi connectivity index (χ0n) is 15.2. The number of hydrogen-bond donors (Lipinski definition) is 2. The summed E-state index contributed by atoms with van der Waals surface area (Å²) >= 11 is 0. The first-order valence-electron chi connectivity index (χ1n) is 8.69. The number of carbonyl (C=O) groups is 1. The van der Waals surface area contributed by atoms with Gasteiger partial charge in [-0.05, 0) is 35.4 Å². The molecule has 0 bridgehead atoms. The molecule has 0 aliphatic carbocycles. The van der Waals surface area contributed by atoms with Crippen LogP contribution in [0.25, 0.3) is 39.4 Å². The van der Waals surface area contributed by atoms with Gasteiger partial charge in [-0.15, -0.1) is 0 Å². The summed E-state index contributed by atoms with van der Waals surface area (Å²) in [4.78, 5) is 23.0. The molecule has 0 aliphatic heterocycles. The van der Waals surface area contributed by atoms with Crippen molar-refractivity contribution < 1.29 is 9.53 Å². The normalized spacial score (nSPS) is 11.2. The lowest BCUT2D eigenvalue weighted by atomic mass is 10.0. The number of H-pyrrole nitrogens is 1. The number of ether oxygens (including phenoxy) is 1. The van der Waals surface area contributed by atoms with Gasteiger partial charge in [0.15, 0.2) is 0 Å². The van der Waals surface area contributed by atoms with Gasteiger partial charge in [0.25, 0.3) is 0 Å². The average Bonchev–Trinajstić information content (AvgIpc) is 3.16. The molecule has 138 valence electrons. The summed E-state index contributed by atoms with van der Waals surface area (Å²) in [6.07, 6.45) is 8.58. The smallest absolute Gasteiger partial charge is 0.241 e. The second-order valence-electron chi connectivity index (χ2n) is 6.27. The van der Waals surface area contributed by atoms with Crippen LogP contribution in [0.2, 0.25) is 0 Å². The van der Waals surface area contributed by atoms with Gasteiger partial charge in [-0.25, -0.2) is 9.97 Å². The predicted octanol–water partition coefficient (Wildman–Crippen LogP) is 3.80. The number of methoxy groups -OCH3 is 1. The zero-order valence-corrected chi connectivity index (χ0v) is 15.2. The first-order valence-corrected chi connectivity index (χ1v) is 8.69. The molecule has 6 heteroatoms. The molecular formula is C22H18N4O2. The second kappa shape index (κ2) is 7.36. The third kappa shape index (κ3) is 3.48. The van der Waals surface area contributed by atoms with E-state index in [1.165, 1.54) is 6.08 Å². The minimum absolute atomic E-state index is 0.474. The lowest BCUT2D eigenvalue weighted by molar-refractivity contribution is -0.113. The van der Waals surface area contributed by atoms with E-state index in [2.05, 4.69) is 21.0 Å². The molecule has 0 unspecified atom stereocenters. The molecule has 3 aromatic heterocycles. The van der Waals surface area contributed by atoms with Gasteiger partial charge < -0.3 is 15.5 Å². The molecule has 0 fully saturated rings. The number of pyridine rings is 2. The number of hydrogen-bond acceptors (Lipinski definition) is 4. The van der Waals surface area contributed by atoms with Gasteiger partial charge in [0.2, 0.25) is 11.8 Å². The number of nitrogens with two attached hydrogens (primary N) is 1. The summed E-state index contributed by atoms with van der Waals surface area (Å²) in [5.41, 5.74) is 10.8. The predicted molar refractivity (Wildman–Crippen MR) is 110 cm³/mol. The van der Waals surface area contributed by atoms with Gasteiger partial charge in [-0.3, -0.25) is 4.79 Å². The van der Waals surface area contributed by atoms with Gasteiger partial charge in [0.05, 0.1) is 7.11 Å². The molecule has 3 heterocycles. The van der Waals surface area contributed by atoms with E-state index in [4.69, 9.17) is 10.5 Å². The van der Waals surface area contributed by atoms with Crippen molar-refractivity contribution in [3.8, 4) is 28.1 Å². The second-order valence-corrected chi connectivity index (χ2v) is 6.27. The maximum absolute atomic E-state index is 11.0. The molecular weight excluding hydrogens is 352 g/mol. The third-order valence-corrected chi connectivity index (χ3v) is 4.45. The minimum Gasteiger partial charge on any atom is -0.481 e. The van der Waals surface area contributed by atoms with Crippen molar-refractivity contribution in [1.82, 2.24) is 15.0 Å². The fraction of sp³-hybridized carbons (Fsp3) is 0.0455.